The number of nitrogens with one attached hydrogen (secondary N) is 1. The second-order valence-electron chi connectivity index (χ2n) is 3.56. The van der Waals surface area contributed by atoms with E-state index in [-0.39, 0.29) is 11.7 Å². The third kappa shape index (κ3) is 4.05. The van der Waals surface area contributed by atoms with Crippen molar-refractivity contribution in [1.29, 1.82) is 0 Å². The van der Waals surface area contributed by atoms with Crippen molar-refractivity contribution >= 4 is 5.91 Å². The summed E-state index contributed by atoms with van der Waals surface area (Å²) in [5, 5.41) is 12.2. The molecule has 1 aromatic rings. The fourth-order valence-electron chi connectivity index (χ4n) is 1.21. The summed E-state index contributed by atoms with van der Waals surface area (Å²) < 4.78 is 0. The van der Waals surface area contributed by atoms with Crippen LogP contribution in [0.2, 0.25) is 0 Å². The third-order valence-corrected chi connectivity index (χ3v) is 2.00. The van der Waals surface area contributed by atoms with E-state index < -0.39 is 0 Å². The van der Waals surface area contributed by atoms with Crippen molar-refractivity contribution in [2.24, 2.45) is 0 Å². The van der Waals surface area contributed by atoms with Crippen molar-refractivity contribution in [3.8, 4) is 17.6 Å². The Morgan fingerprint density at radius 2 is 2.25 bits per heavy atom. The first kappa shape index (κ1) is 12.1. The first-order valence-corrected chi connectivity index (χ1v) is 5.12. The standard InChI is InChI=1S/C13H15NO2/c1-10-6-7-12(13(16)9-10)5-3-4-8-14-11(2)15/h6-7,9,16H,4,8H2,1-2H3,(H,14,15). The number of aryl methyl sites for hydroxylation is 1. The Balaban J connectivity index is 2.53. The van der Waals surface area contributed by atoms with Gasteiger partial charge in [0.2, 0.25) is 5.91 Å². The van der Waals surface area contributed by atoms with Crippen LogP contribution >= 0.6 is 0 Å². The Hall–Kier alpha value is -1.95. The van der Waals surface area contributed by atoms with E-state index in [2.05, 4.69) is 17.2 Å². The van der Waals surface area contributed by atoms with E-state index in [1.54, 1.807) is 12.1 Å². The molecule has 0 aromatic heterocycles. The monoisotopic (exact) mass is 217 g/mol. The summed E-state index contributed by atoms with van der Waals surface area (Å²) >= 11 is 0. The number of benzene rings is 1. The SMILES string of the molecule is CC(=O)NCCC#Cc1ccc(C)cc1O. The molecule has 1 amide bonds. The van der Waals surface area contributed by atoms with Gasteiger partial charge in [-0.15, -0.1) is 0 Å². The lowest BCUT2D eigenvalue weighted by Gasteiger charge is -1.98. The van der Waals surface area contributed by atoms with E-state index >= 15 is 0 Å². The zero-order valence-electron chi connectivity index (χ0n) is 9.50. The zero-order valence-corrected chi connectivity index (χ0v) is 9.50. The summed E-state index contributed by atoms with van der Waals surface area (Å²) in [5.41, 5.74) is 1.62. The molecule has 0 unspecified atom stereocenters. The van der Waals surface area contributed by atoms with Crippen molar-refractivity contribution < 1.29 is 9.90 Å². The van der Waals surface area contributed by atoms with Crippen LogP contribution in [0, 0.1) is 18.8 Å². The lowest BCUT2D eigenvalue weighted by atomic mass is 10.1. The van der Waals surface area contributed by atoms with Crippen molar-refractivity contribution in [2.45, 2.75) is 20.3 Å². The van der Waals surface area contributed by atoms with Crippen LogP contribution in [-0.4, -0.2) is 17.6 Å². The van der Waals surface area contributed by atoms with Crippen LogP contribution in [-0.2, 0) is 4.79 Å². The van der Waals surface area contributed by atoms with Crippen LogP contribution in [0.4, 0.5) is 0 Å². The molecule has 0 aliphatic heterocycles. The van der Waals surface area contributed by atoms with Gasteiger partial charge < -0.3 is 10.4 Å². The highest BCUT2D eigenvalue weighted by atomic mass is 16.3. The maximum absolute atomic E-state index is 10.6. The number of hydrogen-bond acceptors (Lipinski definition) is 2. The Bertz CT molecular complexity index is 441. The fourth-order valence-corrected chi connectivity index (χ4v) is 1.21. The van der Waals surface area contributed by atoms with Crippen LogP contribution in [0.25, 0.3) is 0 Å². The van der Waals surface area contributed by atoms with E-state index in [4.69, 9.17) is 0 Å². The Morgan fingerprint density at radius 3 is 2.88 bits per heavy atom. The molecule has 1 rings (SSSR count). The van der Waals surface area contributed by atoms with Crippen LogP contribution in [0.5, 0.6) is 5.75 Å². The average Bonchev–Trinajstić information content (AvgIpc) is 2.20. The molecule has 0 saturated carbocycles. The molecule has 2 N–H and O–H groups in total. The predicted molar refractivity (Wildman–Crippen MR) is 63.0 cm³/mol. The van der Waals surface area contributed by atoms with E-state index in [0.29, 0.717) is 18.5 Å². The molecule has 0 aliphatic carbocycles. The van der Waals surface area contributed by atoms with Gasteiger partial charge in [-0.05, 0) is 24.6 Å². The third-order valence-electron chi connectivity index (χ3n) is 2.00. The molecule has 0 radical (unpaired) electrons. The highest BCUT2D eigenvalue weighted by molar-refractivity contribution is 5.72. The van der Waals surface area contributed by atoms with Gasteiger partial charge in [-0.2, -0.15) is 0 Å². The summed E-state index contributed by atoms with van der Waals surface area (Å²) in [6.07, 6.45) is 0.576. The molecule has 0 spiro atoms. The maximum atomic E-state index is 10.6. The van der Waals surface area contributed by atoms with Gasteiger partial charge in [-0.1, -0.05) is 17.9 Å². The second-order valence-corrected chi connectivity index (χ2v) is 3.56. The quantitative estimate of drug-likeness (QED) is 0.583. The Morgan fingerprint density at radius 1 is 1.50 bits per heavy atom. The van der Waals surface area contributed by atoms with Gasteiger partial charge in [0.05, 0.1) is 5.56 Å². The minimum Gasteiger partial charge on any atom is -0.507 e. The van der Waals surface area contributed by atoms with Crippen LogP contribution in [0.3, 0.4) is 0 Å². The minimum atomic E-state index is -0.0556. The first-order valence-electron chi connectivity index (χ1n) is 5.12. The molecule has 3 heteroatoms. The van der Waals surface area contributed by atoms with Gasteiger partial charge in [0.1, 0.15) is 5.75 Å². The molecule has 3 nitrogen and oxygen atoms in total. The average molecular weight is 217 g/mol. The second kappa shape index (κ2) is 5.82. The largest absolute Gasteiger partial charge is 0.507 e. The normalized spacial score (nSPS) is 9.12. The summed E-state index contributed by atoms with van der Waals surface area (Å²) in [6, 6.07) is 5.37. The van der Waals surface area contributed by atoms with E-state index in [0.717, 1.165) is 5.56 Å². The smallest absolute Gasteiger partial charge is 0.216 e. The zero-order chi connectivity index (χ0) is 12.0. The number of phenolic OH excluding ortho intramolecular Hbond substituents is 1. The van der Waals surface area contributed by atoms with Crippen LogP contribution < -0.4 is 5.32 Å². The number of phenols is 1. The number of aromatic hydroxyl groups is 1. The molecule has 0 fully saturated rings. The molecule has 1 aromatic carbocycles. The van der Waals surface area contributed by atoms with Crippen LogP contribution in [0.15, 0.2) is 18.2 Å². The molecule has 0 saturated heterocycles. The van der Waals surface area contributed by atoms with Gasteiger partial charge >= 0.3 is 0 Å². The Kier molecular flexibility index (Phi) is 4.41. The van der Waals surface area contributed by atoms with Gasteiger partial charge in [0, 0.05) is 19.9 Å². The highest BCUT2D eigenvalue weighted by Crippen LogP contribution is 2.16. The number of hydrogen-bond donors (Lipinski definition) is 2. The number of carbonyl (C=O) groups excluding carboxylic acids is 1. The van der Waals surface area contributed by atoms with Gasteiger partial charge in [-0.3, -0.25) is 4.79 Å². The molecule has 0 aliphatic rings. The molecule has 16 heavy (non-hydrogen) atoms. The fraction of sp³-hybridized carbons (Fsp3) is 0.308. The first-order chi connectivity index (χ1) is 7.59. The van der Waals surface area contributed by atoms with Crippen molar-refractivity contribution in [3.05, 3.63) is 29.3 Å². The van der Waals surface area contributed by atoms with Crippen molar-refractivity contribution in [1.82, 2.24) is 5.32 Å². The van der Waals surface area contributed by atoms with E-state index in [1.807, 2.05) is 13.0 Å². The lowest BCUT2D eigenvalue weighted by Crippen LogP contribution is -2.20. The molecular weight excluding hydrogens is 202 g/mol. The summed E-state index contributed by atoms with van der Waals surface area (Å²) in [4.78, 5) is 10.6. The number of carbonyl (C=O) groups is 1. The molecule has 0 bridgehead atoms. The van der Waals surface area contributed by atoms with E-state index in [9.17, 15) is 9.90 Å². The molecule has 0 atom stereocenters. The minimum absolute atomic E-state index is 0.0556. The summed E-state index contributed by atoms with van der Waals surface area (Å²) in [7, 11) is 0. The molecule has 84 valence electrons. The van der Waals surface area contributed by atoms with Gasteiger partial charge in [0.25, 0.3) is 0 Å². The summed E-state index contributed by atoms with van der Waals surface area (Å²) in [6.45, 7) is 3.92. The van der Waals surface area contributed by atoms with Gasteiger partial charge in [0.15, 0.2) is 0 Å². The van der Waals surface area contributed by atoms with E-state index in [1.165, 1.54) is 6.92 Å². The topological polar surface area (TPSA) is 49.3 Å². The van der Waals surface area contributed by atoms with Gasteiger partial charge in [-0.25, -0.2) is 0 Å². The molecular formula is C13H15NO2. The number of rotatable bonds is 2. The lowest BCUT2D eigenvalue weighted by molar-refractivity contribution is -0.118. The molecule has 0 heterocycles. The van der Waals surface area contributed by atoms with Crippen molar-refractivity contribution in [3.63, 3.8) is 0 Å². The predicted octanol–water partition coefficient (Wildman–Crippen LogP) is 1.58. The van der Waals surface area contributed by atoms with Crippen molar-refractivity contribution in [2.75, 3.05) is 6.54 Å². The van der Waals surface area contributed by atoms with Crippen LogP contribution in [0.1, 0.15) is 24.5 Å². The number of amides is 1. The highest BCUT2D eigenvalue weighted by Gasteiger charge is 1.96. The Labute approximate surface area is 95.5 Å². The maximum Gasteiger partial charge on any atom is 0.216 e. The summed E-state index contributed by atoms with van der Waals surface area (Å²) in [5.74, 6) is 5.90.